The molecule has 24 heavy (non-hydrogen) atoms. The summed E-state index contributed by atoms with van der Waals surface area (Å²) in [5.74, 6) is 1.82. The molecule has 1 aliphatic heterocycles. The largest absolute Gasteiger partial charge is 0.493 e. The lowest BCUT2D eigenvalue weighted by atomic mass is 9.91. The van der Waals surface area contributed by atoms with Gasteiger partial charge in [-0.1, -0.05) is 0 Å². The highest BCUT2D eigenvalue weighted by atomic mass is 32.1. The summed E-state index contributed by atoms with van der Waals surface area (Å²) < 4.78 is 10.5. The van der Waals surface area contributed by atoms with Gasteiger partial charge in [0.05, 0.1) is 14.2 Å². The van der Waals surface area contributed by atoms with Crippen LogP contribution in [0, 0.1) is 0 Å². The third-order valence-electron chi connectivity index (χ3n) is 4.43. The van der Waals surface area contributed by atoms with Crippen molar-refractivity contribution in [2.24, 2.45) is 0 Å². The molecule has 1 saturated heterocycles. The lowest BCUT2D eigenvalue weighted by Gasteiger charge is -2.31. The van der Waals surface area contributed by atoms with Crippen molar-refractivity contribution in [3.8, 4) is 11.5 Å². The molecule has 2 amide bonds. The average Bonchev–Trinajstić information content (AvgIpc) is 3.16. The van der Waals surface area contributed by atoms with Gasteiger partial charge in [0.15, 0.2) is 11.5 Å². The van der Waals surface area contributed by atoms with Crippen LogP contribution in [0.5, 0.6) is 11.5 Å². The van der Waals surface area contributed by atoms with Gasteiger partial charge in [-0.25, -0.2) is 4.79 Å². The van der Waals surface area contributed by atoms with E-state index in [9.17, 15) is 4.79 Å². The zero-order chi connectivity index (χ0) is 16.9. The second-order valence-corrected chi connectivity index (χ2v) is 6.60. The monoisotopic (exact) mass is 346 g/mol. The molecule has 128 valence electrons. The van der Waals surface area contributed by atoms with Crippen LogP contribution < -0.4 is 14.8 Å². The van der Waals surface area contributed by atoms with E-state index in [-0.39, 0.29) is 6.03 Å². The lowest BCUT2D eigenvalue weighted by molar-refractivity contribution is 0.194. The number of carbonyl (C=O) groups excluding carboxylic acids is 1. The minimum Gasteiger partial charge on any atom is -0.493 e. The highest BCUT2D eigenvalue weighted by Gasteiger charge is 2.24. The van der Waals surface area contributed by atoms with Crippen LogP contribution in [0.15, 0.2) is 35.0 Å². The van der Waals surface area contributed by atoms with Crippen LogP contribution in [-0.4, -0.2) is 38.2 Å². The molecule has 0 bridgehead atoms. The smallest absolute Gasteiger partial charge is 0.321 e. The summed E-state index contributed by atoms with van der Waals surface area (Å²) in [4.78, 5) is 14.3. The molecule has 3 rings (SSSR count). The number of hydrogen-bond acceptors (Lipinski definition) is 4. The van der Waals surface area contributed by atoms with E-state index < -0.39 is 0 Å². The van der Waals surface area contributed by atoms with Crippen LogP contribution in [0.3, 0.4) is 0 Å². The van der Waals surface area contributed by atoms with E-state index >= 15 is 0 Å². The summed E-state index contributed by atoms with van der Waals surface area (Å²) in [6.45, 7) is 1.55. The first-order chi connectivity index (χ1) is 11.7. The molecule has 0 spiro atoms. The Balaban J connectivity index is 1.58. The maximum atomic E-state index is 12.5. The number of nitrogens with one attached hydrogen (secondary N) is 1. The highest BCUT2D eigenvalue weighted by Crippen LogP contribution is 2.31. The van der Waals surface area contributed by atoms with Crippen molar-refractivity contribution in [2.45, 2.75) is 18.8 Å². The number of benzene rings is 1. The molecule has 0 atom stereocenters. The van der Waals surface area contributed by atoms with Crippen LogP contribution in [-0.2, 0) is 0 Å². The predicted octanol–water partition coefficient (Wildman–Crippen LogP) is 4.18. The Morgan fingerprint density at radius 3 is 2.54 bits per heavy atom. The van der Waals surface area contributed by atoms with E-state index in [1.54, 1.807) is 37.7 Å². The van der Waals surface area contributed by atoms with Gasteiger partial charge in [0, 0.05) is 24.8 Å². The quantitative estimate of drug-likeness (QED) is 0.904. The number of likely N-dealkylation sites (tertiary alicyclic amines) is 1. The number of ether oxygens (including phenoxy) is 2. The summed E-state index contributed by atoms with van der Waals surface area (Å²) in [6.07, 6.45) is 2.02. The molecule has 2 heterocycles. The topological polar surface area (TPSA) is 50.8 Å². The first kappa shape index (κ1) is 16.6. The van der Waals surface area contributed by atoms with Gasteiger partial charge in [-0.05, 0) is 53.3 Å². The minimum absolute atomic E-state index is 0.0639. The first-order valence-corrected chi connectivity index (χ1v) is 8.95. The molecule has 5 nitrogen and oxygen atoms in total. The number of methoxy groups -OCH3 is 2. The number of piperidine rings is 1. The predicted molar refractivity (Wildman–Crippen MR) is 96.4 cm³/mol. The van der Waals surface area contributed by atoms with Gasteiger partial charge < -0.3 is 19.7 Å². The second-order valence-electron chi connectivity index (χ2n) is 5.82. The molecular weight excluding hydrogens is 324 g/mol. The molecule has 1 N–H and O–H groups in total. The van der Waals surface area contributed by atoms with Gasteiger partial charge in [-0.3, -0.25) is 0 Å². The van der Waals surface area contributed by atoms with E-state index in [4.69, 9.17) is 9.47 Å². The zero-order valence-electron chi connectivity index (χ0n) is 14.0. The number of rotatable bonds is 4. The van der Waals surface area contributed by atoms with Crippen LogP contribution >= 0.6 is 11.3 Å². The van der Waals surface area contributed by atoms with Crippen molar-refractivity contribution in [3.05, 3.63) is 40.6 Å². The van der Waals surface area contributed by atoms with Crippen molar-refractivity contribution in [2.75, 3.05) is 32.6 Å². The maximum absolute atomic E-state index is 12.5. The van der Waals surface area contributed by atoms with Crippen molar-refractivity contribution >= 4 is 23.1 Å². The maximum Gasteiger partial charge on any atom is 0.321 e. The summed E-state index contributed by atoms with van der Waals surface area (Å²) in [6, 6.07) is 7.50. The van der Waals surface area contributed by atoms with Crippen LogP contribution in [0.2, 0.25) is 0 Å². The summed E-state index contributed by atoms with van der Waals surface area (Å²) in [7, 11) is 3.17. The first-order valence-electron chi connectivity index (χ1n) is 8.01. The number of nitrogens with zero attached hydrogens (tertiary/aromatic N) is 1. The van der Waals surface area contributed by atoms with Crippen molar-refractivity contribution in [3.63, 3.8) is 0 Å². The molecule has 1 aliphatic rings. The van der Waals surface area contributed by atoms with E-state index in [0.717, 1.165) is 25.9 Å². The van der Waals surface area contributed by atoms with Gasteiger partial charge >= 0.3 is 6.03 Å². The van der Waals surface area contributed by atoms with E-state index in [1.165, 1.54) is 5.56 Å². The SMILES string of the molecule is COc1ccc(NC(=O)N2CCC(c3ccsc3)CC2)cc1OC. The fourth-order valence-corrected chi connectivity index (χ4v) is 3.78. The number of thiophene rings is 1. The standard InChI is InChI=1S/C18H22N2O3S/c1-22-16-4-3-15(11-17(16)23-2)19-18(21)20-8-5-13(6-9-20)14-7-10-24-12-14/h3-4,7,10-13H,5-6,8-9H2,1-2H3,(H,19,21). The molecule has 0 saturated carbocycles. The third kappa shape index (κ3) is 3.64. The molecule has 0 aliphatic carbocycles. The van der Waals surface area contributed by atoms with Crippen LogP contribution in [0.1, 0.15) is 24.3 Å². The zero-order valence-corrected chi connectivity index (χ0v) is 14.8. The van der Waals surface area contributed by atoms with E-state index in [0.29, 0.717) is 23.1 Å². The molecular formula is C18H22N2O3S. The van der Waals surface area contributed by atoms with E-state index in [2.05, 4.69) is 22.1 Å². The Hall–Kier alpha value is -2.21. The fraction of sp³-hybridized carbons (Fsp3) is 0.389. The highest BCUT2D eigenvalue weighted by molar-refractivity contribution is 7.07. The molecule has 2 aromatic rings. The molecule has 0 unspecified atom stereocenters. The molecule has 1 aromatic heterocycles. The normalized spacial score (nSPS) is 15.2. The number of urea groups is 1. The summed E-state index contributed by atoms with van der Waals surface area (Å²) in [5, 5.41) is 7.27. The Labute approximate surface area is 146 Å². The lowest BCUT2D eigenvalue weighted by Crippen LogP contribution is -2.40. The Kier molecular flexibility index (Phi) is 5.25. The Bertz CT molecular complexity index is 680. The second kappa shape index (κ2) is 7.57. The Morgan fingerprint density at radius 1 is 1.17 bits per heavy atom. The number of anilines is 1. The fourth-order valence-electron chi connectivity index (χ4n) is 3.04. The Morgan fingerprint density at radius 2 is 1.92 bits per heavy atom. The number of hydrogen-bond donors (Lipinski definition) is 1. The van der Waals surface area contributed by atoms with Crippen LogP contribution in [0.25, 0.3) is 0 Å². The number of amides is 2. The van der Waals surface area contributed by atoms with Gasteiger partial charge in [-0.2, -0.15) is 11.3 Å². The van der Waals surface area contributed by atoms with Crippen molar-refractivity contribution in [1.82, 2.24) is 4.90 Å². The average molecular weight is 346 g/mol. The third-order valence-corrected chi connectivity index (χ3v) is 5.13. The molecule has 0 radical (unpaired) electrons. The van der Waals surface area contributed by atoms with Gasteiger partial charge in [-0.15, -0.1) is 0 Å². The molecule has 6 heteroatoms. The van der Waals surface area contributed by atoms with Gasteiger partial charge in [0.2, 0.25) is 0 Å². The van der Waals surface area contributed by atoms with Gasteiger partial charge in [0.25, 0.3) is 0 Å². The summed E-state index contributed by atoms with van der Waals surface area (Å²) in [5.41, 5.74) is 2.11. The van der Waals surface area contributed by atoms with Gasteiger partial charge in [0.1, 0.15) is 0 Å². The van der Waals surface area contributed by atoms with Crippen molar-refractivity contribution in [1.29, 1.82) is 0 Å². The van der Waals surface area contributed by atoms with Crippen molar-refractivity contribution < 1.29 is 14.3 Å². The molecule has 1 aromatic carbocycles. The summed E-state index contributed by atoms with van der Waals surface area (Å²) >= 11 is 1.73. The van der Waals surface area contributed by atoms with E-state index in [1.807, 2.05) is 11.0 Å². The van der Waals surface area contributed by atoms with Crippen LogP contribution in [0.4, 0.5) is 10.5 Å². The minimum atomic E-state index is -0.0639. The molecule has 1 fully saturated rings. The number of carbonyl (C=O) groups is 1.